The highest BCUT2D eigenvalue weighted by atomic mass is 16.5. The molecule has 0 spiro atoms. The molecule has 4 heteroatoms. The van der Waals surface area contributed by atoms with Gasteiger partial charge in [-0.2, -0.15) is 0 Å². The second-order valence-corrected chi connectivity index (χ2v) is 6.23. The Hall–Kier alpha value is -2.75. The third-order valence-electron chi connectivity index (χ3n) is 4.62. The Bertz CT molecular complexity index is 967. The maximum Gasteiger partial charge on any atom is 0.343 e. The summed E-state index contributed by atoms with van der Waals surface area (Å²) in [6.45, 7) is 0. The van der Waals surface area contributed by atoms with Crippen LogP contribution in [0.2, 0.25) is 0 Å². The zero-order valence-electron chi connectivity index (χ0n) is 13.4. The predicted octanol–water partition coefficient (Wildman–Crippen LogP) is 3.98. The normalized spacial score (nSPS) is 14.0. The molecule has 1 aliphatic rings. The molecule has 3 aromatic rings. The molecule has 0 atom stereocenters. The fourth-order valence-electron chi connectivity index (χ4n) is 3.16. The van der Waals surface area contributed by atoms with Crippen molar-refractivity contribution in [2.75, 3.05) is 7.11 Å². The number of ether oxygens (including phenoxy) is 1. The largest absolute Gasteiger partial charge is 0.507 e. The lowest BCUT2D eigenvalue weighted by atomic mass is 9.97. The maximum absolute atomic E-state index is 12.4. The monoisotopic (exact) mass is 322 g/mol. The van der Waals surface area contributed by atoms with Crippen molar-refractivity contribution in [1.29, 1.82) is 0 Å². The van der Waals surface area contributed by atoms with Crippen molar-refractivity contribution >= 4 is 11.0 Å². The summed E-state index contributed by atoms with van der Waals surface area (Å²) in [5.74, 6) is 1.16. The summed E-state index contributed by atoms with van der Waals surface area (Å²) in [5, 5.41) is 11.1. The Labute approximate surface area is 139 Å². The topological polar surface area (TPSA) is 59.7 Å². The molecule has 0 bridgehead atoms. The zero-order valence-corrected chi connectivity index (χ0v) is 13.4. The Morgan fingerprint density at radius 1 is 1.21 bits per heavy atom. The number of rotatable bonds is 4. The van der Waals surface area contributed by atoms with Crippen LogP contribution >= 0.6 is 0 Å². The summed E-state index contributed by atoms with van der Waals surface area (Å²) in [5.41, 5.74) is 2.48. The van der Waals surface area contributed by atoms with Gasteiger partial charge in [0.15, 0.2) is 0 Å². The molecule has 4 rings (SSSR count). The quantitative estimate of drug-likeness (QED) is 0.738. The molecular formula is C20H18O4. The molecule has 1 heterocycles. The van der Waals surface area contributed by atoms with Gasteiger partial charge >= 0.3 is 5.63 Å². The highest BCUT2D eigenvalue weighted by molar-refractivity contribution is 5.85. The van der Waals surface area contributed by atoms with Gasteiger partial charge in [-0.25, -0.2) is 4.79 Å². The average molecular weight is 322 g/mol. The van der Waals surface area contributed by atoms with Gasteiger partial charge < -0.3 is 14.3 Å². The van der Waals surface area contributed by atoms with Gasteiger partial charge in [0, 0.05) is 12.5 Å². The van der Waals surface area contributed by atoms with Gasteiger partial charge in [0.2, 0.25) is 0 Å². The second kappa shape index (κ2) is 5.71. The van der Waals surface area contributed by atoms with Crippen molar-refractivity contribution < 1.29 is 14.3 Å². The summed E-state index contributed by atoms with van der Waals surface area (Å²) >= 11 is 0. The number of methoxy groups -OCH3 is 1. The molecule has 0 saturated heterocycles. The van der Waals surface area contributed by atoms with E-state index in [0.717, 1.165) is 5.56 Å². The summed E-state index contributed by atoms with van der Waals surface area (Å²) in [6.07, 6.45) is 2.76. The van der Waals surface area contributed by atoms with E-state index in [1.165, 1.54) is 18.4 Å². The molecule has 1 N–H and O–H groups in total. The van der Waals surface area contributed by atoms with Gasteiger partial charge in [0.05, 0.1) is 18.1 Å². The molecule has 1 saturated carbocycles. The third-order valence-corrected chi connectivity index (χ3v) is 4.62. The van der Waals surface area contributed by atoms with Crippen LogP contribution in [0.25, 0.3) is 11.0 Å². The molecule has 1 aromatic heterocycles. The van der Waals surface area contributed by atoms with Crippen LogP contribution in [0.5, 0.6) is 11.5 Å². The van der Waals surface area contributed by atoms with Crippen LogP contribution in [0, 0.1) is 0 Å². The molecular weight excluding hydrogens is 304 g/mol. The summed E-state index contributed by atoms with van der Waals surface area (Å²) < 4.78 is 10.5. The van der Waals surface area contributed by atoms with Crippen molar-refractivity contribution in [3.63, 3.8) is 0 Å². The van der Waals surface area contributed by atoms with E-state index in [0.29, 0.717) is 34.6 Å². The Morgan fingerprint density at radius 3 is 2.75 bits per heavy atom. The lowest BCUT2D eigenvalue weighted by molar-refractivity contribution is 0.413. The van der Waals surface area contributed by atoms with Crippen molar-refractivity contribution in [3.8, 4) is 11.5 Å². The molecule has 0 amide bonds. The van der Waals surface area contributed by atoms with Crippen LogP contribution in [0.4, 0.5) is 0 Å². The van der Waals surface area contributed by atoms with E-state index >= 15 is 0 Å². The summed E-state index contributed by atoms with van der Waals surface area (Å²) in [7, 11) is 1.54. The Kier molecular flexibility index (Phi) is 3.53. The van der Waals surface area contributed by atoms with Crippen LogP contribution < -0.4 is 10.4 Å². The van der Waals surface area contributed by atoms with E-state index in [-0.39, 0.29) is 5.75 Å². The Balaban J connectivity index is 1.81. The van der Waals surface area contributed by atoms with E-state index in [2.05, 4.69) is 6.07 Å². The van der Waals surface area contributed by atoms with Gasteiger partial charge in [-0.15, -0.1) is 0 Å². The third kappa shape index (κ3) is 2.54. The fraction of sp³-hybridized carbons (Fsp3) is 0.250. The Morgan fingerprint density at radius 2 is 2.00 bits per heavy atom. The van der Waals surface area contributed by atoms with E-state index < -0.39 is 5.63 Å². The van der Waals surface area contributed by atoms with Crippen molar-refractivity contribution in [2.24, 2.45) is 0 Å². The number of fused-ring (bicyclic) bond motifs is 1. The average Bonchev–Trinajstić information content (AvgIpc) is 3.43. The molecule has 24 heavy (non-hydrogen) atoms. The summed E-state index contributed by atoms with van der Waals surface area (Å²) in [4.78, 5) is 12.4. The SMILES string of the molecule is COc1ccc2c(O)c(Cc3ccccc3C3CC3)c(=O)oc2c1. The van der Waals surface area contributed by atoms with Crippen molar-refractivity contribution in [3.05, 3.63) is 69.6 Å². The first-order valence-electron chi connectivity index (χ1n) is 8.08. The van der Waals surface area contributed by atoms with Crippen molar-refractivity contribution in [1.82, 2.24) is 0 Å². The minimum absolute atomic E-state index is 0.00509. The minimum atomic E-state index is -0.501. The van der Waals surface area contributed by atoms with E-state index in [4.69, 9.17) is 9.15 Å². The maximum atomic E-state index is 12.4. The molecule has 0 aliphatic heterocycles. The molecule has 2 aromatic carbocycles. The molecule has 0 radical (unpaired) electrons. The molecule has 4 nitrogen and oxygen atoms in total. The summed E-state index contributed by atoms with van der Waals surface area (Å²) in [6, 6.07) is 13.2. The van der Waals surface area contributed by atoms with Crippen LogP contribution in [-0.2, 0) is 6.42 Å². The van der Waals surface area contributed by atoms with E-state index in [9.17, 15) is 9.90 Å². The number of benzene rings is 2. The predicted molar refractivity (Wildman–Crippen MR) is 91.9 cm³/mol. The van der Waals surface area contributed by atoms with Crippen LogP contribution in [-0.4, -0.2) is 12.2 Å². The molecule has 1 fully saturated rings. The lowest BCUT2D eigenvalue weighted by Crippen LogP contribution is -2.09. The number of hydrogen-bond acceptors (Lipinski definition) is 4. The number of aromatic hydroxyl groups is 1. The smallest absolute Gasteiger partial charge is 0.343 e. The van der Waals surface area contributed by atoms with Crippen LogP contribution in [0.1, 0.15) is 35.4 Å². The second-order valence-electron chi connectivity index (χ2n) is 6.23. The molecule has 122 valence electrons. The molecule has 1 aliphatic carbocycles. The first-order chi connectivity index (χ1) is 11.7. The zero-order chi connectivity index (χ0) is 16.7. The van der Waals surface area contributed by atoms with Gasteiger partial charge in [0.1, 0.15) is 17.1 Å². The first kappa shape index (κ1) is 14.8. The van der Waals surface area contributed by atoms with Gasteiger partial charge in [-0.3, -0.25) is 0 Å². The first-order valence-corrected chi connectivity index (χ1v) is 8.08. The van der Waals surface area contributed by atoms with Gasteiger partial charge in [0.25, 0.3) is 0 Å². The fourth-order valence-corrected chi connectivity index (χ4v) is 3.16. The highest BCUT2D eigenvalue weighted by Gasteiger charge is 2.26. The van der Waals surface area contributed by atoms with Crippen molar-refractivity contribution in [2.45, 2.75) is 25.2 Å². The van der Waals surface area contributed by atoms with Gasteiger partial charge in [-0.1, -0.05) is 24.3 Å². The molecule has 0 unspecified atom stereocenters. The van der Waals surface area contributed by atoms with E-state index in [1.54, 1.807) is 25.3 Å². The highest BCUT2D eigenvalue weighted by Crippen LogP contribution is 2.42. The van der Waals surface area contributed by atoms with Gasteiger partial charge in [-0.05, 0) is 42.0 Å². The lowest BCUT2D eigenvalue weighted by Gasteiger charge is -2.10. The van der Waals surface area contributed by atoms with Crippen LogP contribution in [0.3, 0.4) is 0 Å². The van der Waals surface area contributed by atoms with E-state index in [1.807, 2.05) is 18.2 Å². The number of hydrogen-bond donors (Lipinski definition) is 1. The minimum Gasteiger partial charge on any atom is -0.507 e. The van der Waals surface area contributed by atoms with Crippen LogP contribution in [0.15, 0.2) is 51.7 Å². The standard InChI is InChI=1S/C20H18O4/c1-23-14-8-9-16-18(11-14)24-20(22)17(19(16)21)10-13-4-2-3-5-15(13)12-6-7-12/h2-5,8-9,11-12,21H,6-7,10H2,1H3.